The van der Waals surface area contributed by atoms with E-state index in [1.54, 1.807) is 24.6 Å². The first-order chi connectivity index (χ1) is 8.76. The SMILES string of the molecule is CCNC(c1ccc(C)s1)c1cccnc1OC. The Balaban J connectivity index is 2.41. The van der Waals surface area contributed by atoms with Gasteiger partial charge in [-0.3, -0.25) is 0 Å². The van der Waals surface area contributed by atoms with Crippen LogP contribution in [0.3, 0.4) is 0 Å². The highest BCUT2D eigenvalue weighted by Crippen LogP contribution is 2.32. The molecule has 0 radical (unpaired) electrons. The van der Waals surface area contributed by atoms with E-state index in [9.17, 15) is 0 Å². The third-order valence-electron chi connectivity index (χ3n) is 2.76. The summed E-state index contributed by atoms with van der Waals surface area (Å²) in [7, 11) is 1.66. The molecule has 1 N–H and O–H groups in total. The summed E-state index contributed by atoms with van der Waals surface area (Å²) in [6.07, 6.45) is 1.75. The van der Waals surface area contributed by atoms with Gasteiger partial charge in [-0.25, -0.2) is 4.98 Å². The van der Waals surface area contributed by atoms with E-state index in [4.69, 9.17) is 4.74 Å². The number of methoxy groups -OCH3 is 1. The van der Waals surface area contributed by atoms with Crippen molar-refractivity contribution in [2.45, 2.75) is 19.9 Å². The molecule has 2 aromatic rings. The summed E-state index contributed by atoms with van der Waals surface area (Å²) in [6, 6.07) is 8.47. The molecule has 0 aliphatic carbocycles. The fraction of sp³-hybridized carbons (Fsp3) is 0.357. The minimum atomic E-state index is 0.150. The molecule has 2 aromatic heterocycles. The number of ether oxygens (including phenoxy) is 1. The predicted molar refractivity (Wildman–Crippen MR) is 75.4 cm³/mol. The molecular formula is C14H18N2OS. The van der Waals surface area contributed by atoms with E-state index in [2.05, 4.69) is 42.3 Å². The molecular weight excluding hydrogens is 244 g/mol. The van der Waals surface area contributed by atoms with E-state index in [1.165, 1.54) is 9.75 Å². The van der Waals surface area contributed by atoms with Crippen molar-refractivity contribution in [2.75, 3.05) is 13.7 Å². The minimum Gasteiger partial charge on any atom is -0.481 e. The highest BCUT2D eigenvalue weighted by Gasteiger charge is 2.19. The zero-order valence-corrected chi connectivity index (χ0v) is 11.8. The summed E-state index contributed by atoms with van der Waals surface area (Å²) in [5, 5.41) is 3.49. The second kappa shape index (κ2) is 5.98. The summed E-state index contributed by atoms with van der Waals surface area (Å²) in [5.41, 5.74) is 1.09. The molecule has 0 saturated carbocycles. The van der Waals surface area contributed by atoms with Gasteiger partial charge in [0.1, 0.15) is 0 Å². The fourth-order valence-electron chi connectivity index (χ4n) is 1.97. The second-order valence-electron chi connectivity index (χ2n) is 4.04. The van der Waals surface area contributed by atoms with Gasteiger partial charge in [0.15, 0.2) is 0 Å². The van der Waals surface area contributed by atoms with Crippen LogP contribution in [0, 0.1) is 6.92 Å². The Kier molecular flexibility index (Phi) is 4.33. The van der Waals surface area contributed by atoms with Crippen molar-refractivity contribution in [1.82, 2.24) is 10.3 Å². The lowest BCUT2D eigenvalue weighted by Crippen LogP contribution is -2.21. The van der Waals surface area contributed by atoms with Gasteiger partial charge in [0, 0.05) is 21.5 Å². The maximum absolute atomic E-state index is 5.35. The zero-order valence-electron chi connectivity index (χ0n) is 10.9. The van der Waals surface area contributed by atoms with Crippen molar-refractivity contribution >= 4 is 11.3 Å². The zero-order chi connectivity index (χ0) is 13.0. The quantitative estimate of drug-likeness (QED) is 0.898. The highest BCUT2D eigenvalue weighted by molar-refractivity contribution is 7.12. The summed E-state index contributed by atoms with van der Waals surface area (Å²) < 4.78 is 5.35. The van der Waals surface area contributed by atoms with Crippen LogP contribution in [0.5, 0.6) is 5.88 Å². The van der Waals surface area contributed by atoms with E-state index in [1.807, 2.05) is 6.07 Å². The first kappa shape index (κ1) is 13.1. The van der Waals surface area contributed by atoms with Crippen LogP contribution in [-0.2, 0) is 0 Å². The molecule has 18 heavy (non-hydrogen) atoms. The first-order valence-corrected chi connectivity index (χ1v) is 6.86. The molecule has 1 unspecified atom stereocenters. The number of thiophene rings is 1. The normalized spacial score (nSPS) is 12.4. The largest absolute Gasteiger partial charge is 0.481 e. The molecule has 1 atom stereocenters. The number of pyridine rings is 1. The predicted octanol–water partition coefficient (Wildman–Crippen LogP) is 3.16. The Bertz CT molecular complexity index is 510. The van der Waals surface area contributed by atoms with E-state index in [0.29, 0.717) is 5.88 Å². The van der Waals surface area contributed by atoms with Crippen molar-refractivity contribution < 1.29 is 4.74 Å². The highest BCUT2D eigenvalue weighted by atomic mass is 32.1. The molecule has 0 saturated heterocycles. The van der Waals surface area contributed by atoms with Gasteiger partial charge < -0.3 is 10.1 Å². The summed E-state index contributed by atoms with van der Waals surface area (Å²) >= 11 is 1.80. The Labute approximate surface area is 112 Å². The lowest BCUT2D eigenvalue weighted by atomic mass is 10.1. The molecule has 0 aliphatic rings. The van der Waals surface area contributed by atoms with Gasteiger partial charge in [0.25, 0.3) is 0 Å². The Morgan fingerprint density at radius 1 is 1.39 bits per heavy atom. The number of hydrogen-bond donors (Lipinski definition) is 1. The molecule has 0 amide bonds. The summed E-state index contributed by atoms with van der Waals surface area (Å²) in [5.74, 6) is 0.689. The van der Waals surface area contributed by atoms with Gasteiger partial charge in [-0.1, -0.05) is 13.0 Å². The minimum absolute atomic E-state index is 0.150. The smallest absolute Gasteiger partial charge is 0.218 e. The van der Waals surface area contributed by atoms with Crippen LogP contribution in [0.1, 0.15) is 28.3 Å². The van der Waals surface area contributed by atoms with Crippen LogP contribution >= 0.6 is 11.3 Å². The van der Waals surface area contributed by atoms with E-state index < -0.39 is 0 Å². The standard InChI is InChI=1S/C14H18N2OS/c1-4-15-13(12-8-7-10(2)18-12)11-6-5-9-16-14(11)17-3/h5-9,13,15H,4H2,1-3H3. The molecule has 3 nitrogen and oxygen atoms in total. The lowest BCUT2D eigenvalue weighted by Gasteiger charge is -2.18. The van der Waals surface area contributed by atoms with Crippen LogP contribution in [0.15, 0.2) is 30.5 Å². The van der Waals surface area contributed by atoms with Crippen molar-refractivity contribution in [2.24, 2.45) is 0 Å². The fourth-order valence-corrected chi connectivity index (χ4v) is 2.94. The van der Waals surface area contributed by atoms with Gasteiger partial charge in [0.05, 0.1) is 13.2 Å². The number of nitrogens with one attached hydrogen (secondary N) is 1. The molecule has 0 aromatic carbocycles. The molecule has 4 heteroatoms. The van der Waals surface area contributed by atoms with Crippen LogP contribution in [0.25, 0.3) is 0 Å². The number of hydrogen-bond acceptors (Lipinski definition) is 4. The topological polar surface area (TPSA) is 34.2 Å². The molecule has 2 rings (SSSR count). The molecule has 0 bridgehead atoms. The maximum Gasteiger partial charge on any atom is 0.218 e. The Morgan fingerprint density at radius 2 is 2.22 bits per heavy atom. The monoisotopic (exact) mass is 262 g/mol. The molecule has 0 fully saturated rings. The van der Waals surface area contributed by atoms with Gasteiger partial charge in [0.2, 0.25) is 5.88 Å². The average Bonchev–Trinajstić information content (AvgIpc) is 2.82. The van der Waals surface area contributed by atoms with Gasteiger partial charge in [-0.2, -0.15) is 0 Å². The number of aromatic nitrogens is 1. The third-order valence-corrected chi connectivity index (χ3v) is 3.82. The van der Waals surface area contributed by atoms with Crippen molar-refractivity contribution in [3.8, 4) is 5.88 Å². The molecule has 0 spiro atoms. The number of rotatable bonds is 5. The molecule has 96 valence electrons. The first-order valence-electron chi connectivity index (χ1n) is 6.05. The van der Waals surface area contributed by atoms with Crippen LogP contribution in [0.2, 0.25) is 0 Å². The van der Waals surface area contributed by atoms with E-state index in [0.717, 1.165) is 12.1 Å². The van der Waals surface area contributed by atoms with E-state index >= 15 is 0 Å². The average molecular weight is 262 g/mol. The second-order valence-corrected chi connectivity index (χ2v) is 5.36. The van der Waals surface area contributed by atoms with Crippen LogP contribution < -0.4 is 10.1 Å². The summed E-state index contributed by atoms with van der Waals surface area (Å²) in [6.45, 7) is 5.13. The van der Waals surface area contributed by atoms with Crippen molar-refractivity contribution in [3.05, 3.63) is 45.8 Å². The van der Waals surface area contributed by atoms with Crippen LogP contribution in [-0.4, -0.2) is 18.6 Å². The number of aryl methyl sites for hydroxylation is 1. The van der Waals surface area contributed by atoms with E-state index in [-0.39, 0.29) is 6.04 Å². The van der Waals surface area contributed by atoms with Crippen molar-refractivity contribution in [1.29, 1.82) is 0 Å². The van der Waals surface area contributed by atoms with Gasteiger partial charge in [-0.05, 0) is 31.7 Å². The Morgan fingerprint density at radius 3 is 2.83 bits per heavy atom. The Hall–Kier alpha value is -1.39. The summed E-state index contributed by atoms with van der Waals surface area (Å²) in [4.78, 5) is 6.88. The number of nitrogens with zero attached hydrogens (tertiary/aromatic N) is 1. The van der Waals surface area contributed by atoms with Gasteiger partial charge >= 0.3 is 0 Å². The maximum atomic E-state index is 5.35. The third kappa shape index (κ3) is 2.71. The molecule has 0 aliphatic heterocycles. The molecule has 2 heterocycles. The lowest BCUT2D eigenvalue weighted by molar-refractivity contribution is 0.387. The van der Waals surface area contributed by atoms with Crippen LogP contribution in [0.4, 0.5) is 0 Å². The van der Waals surface area contributed by atoms with Crippen molar-refractivity contribution in [3.63, 3.8) is 0 Å². The van der Waals surface area contributed by atoms with Gasteiger partial charge in [-0.15, -0.1) is 11.3 Å².